The minimum absolute atomic E-state index is 0.135. The van der Waals surface area contributed by atoms with Crippen LogP contribution in [0.2, 0.25) is 0 Å². The van der Waals surface area contributed by atoms with Crippen molar-refractivity contribution in [3.63, 3.8) is 0 Å². The average molecular weight is 320 g/mol. The summed E-state index contributed by atoms with van der Waals surface area (Å²) in [7, 11) is 0. The third-order valence-electron chi connectivity index (χ3n) is 2.64. The van der Waals surface area contributed by atoms with Crippen molar-refractivity contribution in [3.8, 4) is 0 Å². The number of halogens is 2. The molecule has 1 heterocycles. The maximum Gasteiger partial charge on any atom is 0.138 e. The average Bonchev–Trinajstić information content (AvgIpc) is 2.18. The Morgan fingerprint density at radius 3 is 2.87 bits per heavy atom. The van der Waals surface area contributed by atoms with Gasteiger partial charge in [-0.15, -0.1) is 0 Å². The molecule has 1 aromatic carbocycles. The van der Waals surface area contributed by atoms with Gasteiger partial charge in [0.25, 0.3) is 0 Å². The zero-order chi connectivity index (χ0) is 11.0. The summed E-state index contributed by atoms with van der Waals surface area (Å²) in [5, 5.41) is 3.30. The Bertz CT molecular complexity index is 379. The van der Waals surface area contributed by atoms with E-state index in [-0.39, 0.29) is 5.82 Å². The Morgan fingerprint density at radius 2 is 2.20 bits per heavy atom. The number of nitrogens with one attached hydrogen (secondary N) is 1. The van der Waals surface area contributed by atoms with Crippen molar-refractivity contribution in [2.24, 2.45) is 0 Å². The maximum absolute atomic E-state index is 13.5. The first-order valence-electron chi connectivity index (χ1n) is 5.09. The SMILES string of the molecule is CC(C)N1CCNc2cc(I)c(F)cc21. The summed E-state index contributed by atoms with van der Waals surface area (Å²) in [5.41, 5.74) is 2.02. The highest BCUT2D eigenvalue weighted by Crippen LogP contribution is 2.33. The molecule has 4 heteroatoms. The zero-order valence-electron chi connectivity index (χ0n) is 8.85. The highest BCUT2D eigenvalue weighted by Gasteiger charge is 2.20. The van der Waals surface area contributed by atoms with Gasteiger partial charge in [-0.1, -0.05) is 0 Å². The van der Waals surface area contributed by atoms with Gasteiger partial charge < -0.3 is 10.2 Å². The van der Waals surface area contributed by atoms with Gasteiger partial charge in [-0.3, -0.25) is 0 Å². The fourth-order valence-corrected chi connectivity index (χ4v) is 2.35. The van der Waals surface area contributed by atoms with Gasteiger partial charge in [0, 0.05) is 25.2 Å². The van der Waals surface area contributed by atoms with E-state index in [1.165, 1.54) is 0 Å². The van der Waals surface area contributed by atoms with Crippen LogP contribution in [0.15, 0.2) is 12.1 Å². The number of fused-ring (bicyclic) bond motifs is 1. The van der Waals surface area contributed by atoms with Crippen LogP contribution in [0.3, 0.4) is 0 Å². The van der Waals surface area contributed by atoms with Crippen LogP contribution in [0.4, 0.5) is 15.8 Å². The van der Waals surface area contributed by atoms with Gasteiger partial charge in [-0.2, -0.15) is 0 Å². The van der Waals surface area contributed by atoms with Gasteiger partial charge in [0.15, 0.2) is 0 Å². The van der Waals surface area contributed by atoms with Gasteiger partial charge in [-0.05, 0) is 42.5 Å². The van der Waals surface area contributed by atoms with Gasteiger partial charge in [-0.25, -0.2) is 4.39 Å². The molecule has 0 amide bonds. The van der Waals surface area contributed by atoms with E-state index in [1.807, 2.05) is 28.7 Å². The number of hydrogen-bond donors (Lipinski definition) is 1. The molecule has 0 fully saturated rings. The van der Waals surface area contributed by atoms with Crippen LogP contribution < -0.4 is 10.2 Å². The second-order valence-electron chi connectivity index (χ2n) is 4.00. The predicted molar refractivity (Wildman–Crippen MR) is 70.1 cm³/mol. The van der Waals surface area contributed by atoms with Gasteiger partial charge in [0.2, 0.25) is 0 Å². The molecule has 1 aliphatic heterocycles. The molecule has 0 radical (unpaired) electrons. The van der Waals surface area contributed by atoms with E-state index in [2.05, 4.69) is 24.1 Å². The molecule has 0 atom stereocenters. The minimum Gasteiger partial charge on any atom is -0.382 e. The Labute approximate surface area is 103 Å². The Morgan fingerprint density at radius 1 is 1.47 bits per heavy atom. The molecular weight excluding hydrogens is 306 g/mol. The van der Waals surface area contributed by atoms with Crippen molar-refractivity contribution in [3.05, 3.63) is 21.5 Å². The summed E-state index contributed by atoms with van der Waals surface area (Å²) in [5.74, 6) is -0.135. The Balaban J connectivity index is 2.47. The van der Waals surface area contributed by atoms with Gasteiger partial charge in [0.1, 0.15) is 5.82 Å². The van der Waals surface area contributed by atoms with E-state index < -0.39 is 0 Å². The first-order valence-corrected chi connectivity index (χ1v) is 6.17. The summed E-state index contributed by atoms with van der Waals surface area (Å²) in [6.45, 7) is 6.12. The fraction of sp³-hybridized carbons (Fsp3) is 0.455. The number of hydrogen-bond acceptors (Lipinski definition) is 2. The molecule has 0 saturated carbocycles. The van der Waals surface area contributed by atoms with E-state index in [4.69, 9.17) is 0 Å². The van der Waals surface area contributed by atoms with Crippen LogP contribution in [-0.2, 0) is 0 Å². The third kappa shape index (κ3) is 2.04. The maximum atomic E-state index is 13.5. The molecule has 1 N–H and O–H groups in total. The van der Waals surface area contributed by atoms with Crippen molar-refractivity contribution in [2.45, 2.75) is 19.9 Å². The molecule has 0 unspecified atom stereocenters. The van der Waals surface area contributed by atoms with Crippen LogP contribution in [0.5, 0.6) is 0 Å². The van der Waals surface area contributed by atoms with Crippen molar-refractivity contribution >= 4 is 34.0 Å². The van der Waals surface area contributed by atoms with Crippen LogP contribution in [-0.4, -0.2) is 19.1 Å². The fourth-order valence-electron chi connectivity index (χ4n) is 1.88. The molecular formula is C11H14FIN2. The second kappa shape index (κ2) is 4.15. The van der Waals surface area contributed by atoms with Crippen LogP contribution >= 0.6 is 22.6 Å². The zero-order valence-corrected chi connectivity index (χ0v) is 11.0. The lowest BCUT2D eigenvalue weighted by Crippen LogP contribution is -2.39. The largest absolute Gasteiger partial charge is 0.382 e. The molecule has 1 aliphatic rings. The highest BCUT2D eigenvalue weighted by molar-refractivity contribution is 14.1. The van der Waals surface area contributed by atoms with E-state index in [0.29, 0.717) is 9.61 Å². The monoisotopic (exact) mass is 320 g/mol. The molecule has 2 rings (SSSR count). The number of rotatable bonds is 1. The molecule has 1 aromatic rings. The van der Waals surface area contributed by atoms with Crippen LogP contribution in [0, 0.1) is 9.39 Å². The van der Waals surface area contributed by atoms with Gasteiger partial charge in [0.05, 0.1) is 14.9 Å². The lowest BCUT2D eigenvalue weighted by molar-refractivity contribution is 0.614. The van der Waals surface area contributed by atoms with Crippen molar-refractivity contribution in [1.29, 1.82) is 0 Å². The first-order chi connectivity index (χ1) is 7.09. The topological polar surface area (TPSA) is 15.3 Å². The van der Waals surface area contributed by atoms with E-state index >= 15 is 0 Å². The number of anilines is 2. The molecule has 82 valence electrons. The van der Waals surface area contributed by atoms with Gasteiger partial charge >= 0.3 is 0 Å². The van der Waals surface area contributed by atoms with Crippen LogP contribution in [0.25, 0.3) is 0 Å². The Kier molecular flexibility index (Phi) is 3.04. The molecule has 2 nitrogen and oxygen atoms in total. The van der Waals surface area contributed by atoms with Crippen LogP contribution in [0.1, 0.15) is 13.8 Å². The molecule has 0 bridgehead atoms. The third-order valence-corrected chi connectivity index (χ3v) is 3.47. The summed E-state index contributed by atoms with van der Waals surface area (Å²) in [4.78, 5) is 2.23. The number of nitrogens with zero attached hydrogens (tertiary/aromatic N) is 1. The summed E-state index contributed by atoms with van der Waals surface area (Å²) in [6.07, 6.45) is 0. The first kappa shape index (κ1) is 11.0. The highest BCUT2D eigenvalue weighted by atomic mass is 127. The van der Waals surface area contributed by atoms with E-state index in [1.54, 1.807) is 6.07 Å². The molecule has 0 aliphatic carbocycles. The smallest absolute Gasteiger partial charge is 0.138 e. The number of benzene rings is 1. The summed E-state index contributed by atoms with van der Waals surface area (Å²) >= 11 is 2.02. The quantitative estimate of drug-likeness (QED) is 0.800. The Hall–Kier alpha value is -0.520. The van der Waals surface area contributed by atoms with E-state index in [9.17, 15) is 4.39 Å². The van der Waals surface area contributed by atoms with E-state index in [0.717, 1.165) is 24.5 Å². The molecule has 0 aromatic heterocycles. The van der Waals surface area contributed by atoms with Crippen molar-refractivity contribution < 1.29 is 4.39 Å². The molecule has 15 heavy (non-hydrogen) atoms. The molecule has 0 spiro atoms. The van der Waals surface area contributed by atoms with Crippen molar-refractivity contribution in [2.75, 3.05) is 23.3 Å². The lowest BCUT2D eigenvalue weighted by Gasteiger charge is -2.35. The summed E-state index contributed by atoms with van der Waals surface area (Å²) in [6, 6.07) is 3.91. The summed E-state index contributed by atoms with van der Waals surface area (Å²) < 4.78 is 14.2. The molecule has 0 saturated heterocycles. The normalized spacial score (nSPS) is 15.1. The second-order valence-corrected chi connectivity index (χ2v) is 5.16. The lowest BCUT2D eigenvalue weighted by atomic mass is 10.1. The standard InChI is InChI=1S/C11H14FIN2/c1-7(2)15-4-3-14-10-6-9(13)8(12)5-11(10)15/h5-7,14H,3-4H2,1-2H3. The minimum atomic E-state index is -0.135. The predicted octanol–water partition coefficient (Wildman–Crippen LogP) is 3.07. The van der Waals surface area contributed by atoms with Crippen molar-refractivity contribution in [1.82, 2.24) is 0 Å².